The Labute approximate surface area is 239 Å². The Morgan fingerprint density at radius 2 is 1.59 bits per heavy atom. The Balaban J connectivity index is 1.54. The second-order valence-electron chi connectivity index (χ2n) is 13.3. The fourth-order valence-corrected chi connectivity index (χ4v) is 8.95. The second-order valence-corrected chi connectivity index (χ2v) is 13.3. The maximum atomic E-state index is 16.1. The number of nitrogens with zero attached hydrogens (tertiary/aromatic N) is 3. The third kappa shape index (κ3) is 2.30. The highest BCUT2D eigenvalue weighted by Gasteiger charge is 2.75. The Bertz CT molecular complexity index is 2210. The predicted molar refractivity (Wildman–Crippen MR) is 162 cm³/mol. The van der Waals surface area contributed by atoms with Crippen LogP contribution in [0.25, 0.3) is 38.3 Å². The van der Waals surface area contributed by atoms with E-state index in [4.69, 9.17) is 0 Å². The van der Waals surface area contributed by atoms with Gasteiger partial charge in [-0.2, -0.15) is 8.97 Å². The summed E-state index contributed by atoms with van der Waals surface area (Å²) in [6.07, 6.45) is 4.47. The predicted octanol–water partition coefficient (Wildman–Crippen LogP) is 6.93. The van der Waals surface area contributed by atoms with E-state index in [1.54, 1.807) is 6.07 Å². The standard InChI is InChI=1S/C37H32FN3/c1-35(2)25-11-9-10-21-17-19-41-33(29(21)25)30-26(15-16-27(38)32(30)35)36(3)34-31(37(36,41)4)23-14-13-22(39(5)6)20-24(23)28-12-7-8-18-40(28)34/h7-20H,1-6H3/q+2. The van der Waals surface area contributed by atoms with Crippen molar-refractivity contribution in [3.05, 3.63) is 119 Å². The van der Waals surface area contributed by atoms with Gasteiger partial charge in [-0.25, -0.2) is 4.39 Å². The number of anilines is 1. The van der Waals surface area contributed by atoms with Crippen molar-refractivity contribution in [1.29, 1.82) is 0 Å². The SMILES string of the molecule is CN(C)c1ccc2c3c([n+]4ccccc4c2c1)C1(C)c2ccc(F)c4c2-c2c5c(cccc5cc[n+]2C31C)C4(C)C. The molecule has 2 atom stereocenters. The Morgan fingerprint density at radius 1 is 0.756 bits per heavy atom. The molecule has 0 N–H and O–H groups in total. The number of pyridine rings is 3. The van der Waals surface area contributed by atoms with E-state index in [1.165, 1.54) is 55.1 Å². The highest BCUT2D eigenvalue weighted by atomic mass is 19.1. The maximum absolute atomic E-state index is 16.1. The molecule has 0 spiro atoms. The molecule has 3 aliphatic rings. The van der Waals surface area contributed by atoms with Gasteiger partial charge in [0.05, 0.1) is 16.3 Å². The van der Waals surface area contributed by atoms with Gasteiger partial charge < -0.3 is 4.90 Å². The summed E-state index contributed by atoms with van der Waals surface area (Å²) in [4.78, 5) is 2.17. The van der Waals surface area contributed by atoms with Crippen molar-refractivity contribution in [3.8, 4) is 11.3 Å². The van der Waals surface area contributed by atoms with E-state index in [2.05, 4.69) is 135 Å². The fourth-order valence-electron chi connectivity index (χ4n) is 8.95. The number of benzene rings is 3. The number of rotatable bonds is 1. The molecule has 0 fully saturated rings. The van der Waals surface area contributed by atoms with Gasteiger partial charge in [0.1, 0.15) is 16.8 Å². The van der Waals surface area contributed by atoms with Gasteiger partial charge in [-0.3, -0.25) is 0 Å². The van der Waals surface area contributed by atoms with E-state index in [1.807, 2.05) is 0 Å². The molecular formula is C37H32FN3+2. The Morgan fingerprint density at radius 3 is 2.39 bits per heavy atom. The summed E-state index contributed by atoms with van der Waals surface area (Å²) >= 11 is 0. The van der Waals surface area contributed by atoms with Crippen molar-refractivity contribution < 1.29 is 13.4 Å². The smallest absolute Gasteiger partial charge is 0.222 e. The van der Waals surface area contributed by atoms with Gasteiger partial charge in [-0.05, 0) is 47.7 Å². The summed E-state index contributed by atoms with van der Waals surface area (Å²) in [5, 5.41) is 5.00. The van der Waals surface area contributed by atoms with Gasteiger partial charge in [-0.15, -0.1) is 0 Å². The van der Waals surface area contributed by atoms with Gasteiger partial charge in [-0.1, -0.05) is 44.2 Å². The highest BCUT2D eigenvalue weighted by molar-refractivity contribution is 6.04. The fraction of sp³-hybridized carbons (Fsp3) is 0.243. The number of halogens is 1. The molecule has 2 aliphatic carbocycles. The molecule has 0 saturated heterocycles. The molecule has 9 rings (SSSR count). The first-order valence-corrected chi connectivity index (χ1v) is 14.5. The summed E-state index contributed by atoms with van der Waals surface area (Å²) < 4.78 is 21.0. The van der Waals surface area contributed by atoms with Crippen LogP contribution >= 0.6 is 0 Å². The lowest BCUT2D eigenvalue weighted by molar-refractivity contribution is -0.763. The van der Waals surface area contributed by atoms with E-state index < -0.39 is 5.41 Å². The number of aromatic nitrogens is 2. The lowest BCUT2D eigenvalue weighted by Crippen LogP contribution is -2.77. The molecule has 3 nitrogen and oxygen atoms in total. The molecule has 3 aromatic heterocycles. The van der Waals surface area contributed by atoms with Crippen molar-refractivity contribution in [1.82, 2.24) is 0 Å². The summed E-state index contributed by atoms with van der Waals surface area (Å²) in [5.41, 5.74) is 9.28. The molecule has 3 aromatic carbocycles. The van der Waals surface area contributed by atoms with Gasteiger partial charge in [0.25, 0.3) is 0 Å². The Kier molecular flexibility index (Phi) is 3.96. The first kappa shape index (κ1) is 23.4. The molecule has 2 unspecified atom stereocenters. The quantitative estimate of drug-likeness (QED) is 0.164. The van der Waals surface area contributed by atoms with Crippen LogP contribution < -0.4 is 13.9 Å². The Hall–Kier alpha value is -4.31. The van der Waals surface area contributed by atoms with Gasteiger partial charge in [0, 0.05) is 61.3 Å². The zero-order chi connectivity index (χ0) is 28.2. The summed E-state index contributed by atoms with van der Waals surface area (Å²) in [6, 6.07) is 25.9. The molecule has 4 heteroatoms. The third-order valence-corrected chi connectivity index (χ3v) is 11.0. The van der Waals surface area contributed by atoms with Crippen LogP contribution in [-0.4, -0.2) is 14.1 Å². The van der Waals surface area contributed by atoms with Crippen molar-refractivity contribution in [2.24, 2.45) is 0 Å². The minimum atomic E-state index is -0.459. The topological polar surface area (TPSA) is 11.2 Å². The first-order chi connectivity index (χ1) is 19.6. The first-order valence-electron chi connectivity index (χ1n) is 14.5. The summed E-state index contributed by atoms with van der Waals surface area (Å²) in [5.74, 6) is -0.120. The molecule has 0 amide bonds. The zero-order valence-electron chi connectivity index (χ0n) is 24.3. The average molecular weight is 538 g/mol. The van der Waals surface area contributed by atoms with Gasteiger partial charge >= 0.3 is 0 Å². The number of hydrogen-bond acceptors (Lipinski definition) is 1. The lowest BCUT2D eigenvalue weighted by atomic mass is 9.47. The van der Waals surface area contributed by atoms with Crippen LogP contribution in [0.4, 0.5) is 10.1 Å². The van der Waals surface area contributed by atoms with Crippen molar-refractivity contribution in [2.45, 2.75) is 44.1 Å². The van der Waals surface area contributed by atoms with E-state index in [0.29, 0.717) is 0 Å². The average Bonchev–Trinajstić information content (AvgIpc) is 2.97. The van der Waals surface area contributed by atoms with Crippen molar-refractivity contribution >= 4 is 32.7 Å². The van der Waals surface area contributed by atoms with Gasteiger partial charge in [0.2, 0.25) is 22.4 Å². The molecule has 41 heavy (non-hydrogen) atoms. The highest BCUT2D eigenvalue weighted by Crippen LogP contribution is 2.65. The lowest BCUT2D eigenvalue weighted by Gasteiger charge is -2.53. The second kappa shape index (κ2) is 6.94. The molecule has 6 aromatic rings. The number of fused-ring (bicyclic) bond motifs is 11. The summed E-state index contributed by atoms with van der Waals surface area (Å²) in [7, 11) is 4.19. The molecule has 0 bridgehead atoms. The maximum Gasteiger partial charge on any atom is 0.222 e. The van der Waals surface area contributed by atoms with Gasteiger partial charge in [0.15, 0.2) is 12.4 Å². The molecule has 200 valence electrons. The molecule has 0 saturated carbocycles. The molecule has 1 aliphatic heterocycles. The monoisotopic (exact) mass is 537 g/mol. The van der Waals surface area contributed by atoms with E-state index in [0.717, 1.165) is 16.8 Å². The van der Waals surface area contributed by atoms with Crippen LogP contribution in [-0.2, 0) is 16.4 Å². The largest absolute Gasteiger partial charge is 0.378 e. The van der Waals surface area contributed by atoms with E-state index in [-0.39, 0.29) is 16.8 Å². The minimum Gasteiger partial charge on any atom is -0.378 e. The number of hydrogen-bond donors (Lipinski definition) is 0. The van der Waals surface area contributed by atoms with Crippen LogP contribution in [0.15, 0.2) is 85.2 Å². The van der Waals surface area contributed by atoms with Crippen LogP contribution in [0.3, 0.4) is 0 Å². The van der Waals surface area contributed by atoms with Crippen LogP contribution in [0, 0.1) is 5.82 Å². The van der Waals surface area contributed by atoms with Crippen LogP contribution in [0.5, 0.6) is 0 Å². The minimum absolute atomic E-state index is 0.120. The van der Waals surface area contributed by atoms with Crippen LogP contribution in [0.1, 0.15) is 55.6 Å². The third-order valence-electron chi connectivity index (χ3n) is 11.0. The molecule has 4 heterocycles. The van der Waals surface area contributed by atoms with E-state index >= 15 is 4.39 Å². The molecular weight excluding hydrogens is 505 g/mol. The normalized spacial score (nSPS) is 22.4. The van der Waals surface area contributed by atoms with E-state index in [9.17, 15) is 0 Å². The van der Waals surface area contributed by atoms with Crippen LogP contribution in [0.2, 0.25) is 0 Å². The molecule has 0 radical (unpaired) electrons. The summed E-state index contributed by atoms with van der Waals surface area (Å²) in [6.45, 7) is 9.16. The van der Waals surface area contributed by atoms with Crippen molar-refractivity contribution in [3.63, 3.8) is 0 Å². The zero-order valence-corrected chi connectivity index (χ0v) is 24.3. The van der Waals surface area contributed by atoms with Crippen molar-refractivity contribution in [2.75, 3.05) is 19.0 Å².